The summed E-state index contributed by atoms with van der Waals surface area (Å²) >= 11 is 1.63. The van der Waals surface area contributed by atoms with Crippen LogP contribution in [-0.4, -0.2) is 34.3 Å². The quantitative estimate of drug-likeness (QED) is 0.880. The molecular weight excluding hydrogens is 322 g/mol. The molecular formula is C19H21NO3S. The number of hydrogen-bond donors (Lipinski definition) is 2. The molecule has 0 atom stereocenters. The van der Waals surface area contributed by atoms with Crippen molar-refractivity contribution in [1.29, 1.82) is 0 Å². The van der Waals surface area contributed by atoms with Crippen molar-refractivity contribution >= 4 is 17.9 Å². The Morgan fingerprint density at radius 2 is 1.71 bits per heavy atom. The second kappa shape index (κ2) is 6.87. The van der Waals surface area contributed by atoms with Crippen LogP contribution >= 0.6 is 11.8 Å². The van der Waals surface area contributed by atoms with Crippen LogP contribution in [0.1, 0.15) is 24.0 Å². The van der Waals surface area contributed by atoms with Crippen molar-refractivity contribution in [3.05, 3.63) is 59.7 Å². The third-order valence-electron chi connectivity index (χ3n) is 4.50. The van der Waals surface area contributed by atoms with E-state index in [1.807, 2.05) is 24.3 Å². The number of hydrogen-bond acceptors (Lipinski definition) is 3. The van der Waals surface area contributed by atoms with Crippen LogP contribution in [0.25, 0.3) is 0 Å². The molecule has 126 valence electrons. The molecule has 0 spiro atoms. The van der Waals surface area contributed by atoms with Crippen molar-refractivity contribution in [1.82, 2.24) is 4.90 Å². The van der Waals surface area contributed by atoms with Crippen LogP contribution in [-0.2, 0) is 5.60 Å². The number of benzene rings is 2. The fraction of sp³-hybridized carbons (Fsp3) is 0.316. The predicted molar refractivity (Wildman–Crippen MR) is 94.5 cm³/mol. The maximum absolute atomic E-state index is 11.1. The number of aryl methyl sites for hydroxylation is 1. The van der Waals surface area contributed by atoms with E-state index in [0.29, 0.717) is 25.9 Å². The van der Waals surface area contributed by atoms with Crippen molar-refractivity contribution in [3.8, 4) is 0 Å². The van der Waals surface area contributed by atoms with Gasteiger partial charge in [0.15, 0.2) is 0 Å². The number of likely N-dealkylation sites (tertiary alicyclic amines) is 1. The molecule has 1 heterocycles. The molecule has 0 aromatic heterocycles. The molecule has 3 rings (SSSR count). The number of piperidine rings is 1. The average molecular weight is 343 g/mol. The standard InChI is InChI=1S/C19H21NO3S/c1-14-6-8-15(9-7-14)24-17-5-3-2-4-16(17)19(23)10-12-20(13-11-19)18(21)22/h2-9,23H,10-13H2,1H3,(H,21,22). The molecule has 0 bridgehead atoms. The van der Waals surface area contributed by atoms with E-state index in [9.17, 15) is 9.90 Å². The Labute approximate surface area is 146 Å². The van der Waals surface area contributed by atoms with Gasteiger partial charge in [0, 0.05) is 22.9 Å². The molecule has 2 aromatic rings. The molecule has 0 unspecified atom stereocenters. The lowest BCUT2D eigenvalue weighted by Crippen LogP contribution is -2.44. The van der Waals surface area contributed by atoms with E-state index in [4.69, 9.17) is 5.11 Å². The van der Waals surface area contributed by atoms with E-state index in [2.05, 4.69) is 31.2 Å². The predicted octanol–water partition coefficient (Wildman–Crippen LogP) is 4.11. The largest absolute Gasteiger partial charge is 0.465 e. The molecule has 0 radical (unpaired) electrons. The molecule has 1 aliphatic heterocycles. The van der Waals surface area contributed by atoms with E-state index >= 15 is 0 Å². The van der Waals surface area contributed by atoms with Gasteiger partial charge in [0.05, 0.1) is 5.60 Å². The van der Waals surface area contributed by atoms with Gasteiger partial charge in [0.2, 0.25) is 0 Å². The molecule has 5 heteroatoms. The molecule has 1 saturated heterocycles. The SMILES string of the molecule is Cc1ccc(Sc2ccccc2C2(O)CCN(C(=O)O)CC2)cc1. The van der Waals surface area contributed by atoms with E-state index in [-0.39, 0.29) is 0 Å². The highest BCUT2D eigenvalue weighted by Gasteiger charge is 2.36. The van der Waals surface area contributed by atoms with Crippen molar-refractivity contribution < 1.29 is 15.0 Å². The Balaban J connectivity index is 1.84. The summed E-state index contributed by atoms with van der Waals surface area (Å²) in [7, 11) is 0. The Hall–Kier alpha value is -1.98. The van der Waals surface area contributed by atoms with Crippen LogP contribution in [0.15, 0.2) is 58.3 Å². The fourth-order valence-electron chi connectivity index (χ4n) is 3.01. The molecule has 4 nitrogen and oxygen atoms in total. The fourth-order valence-corrected chi connectivity index (χ4v) is 4.05. The van der Waals surface area contributed by atoms with Gasteiger partial charge in [-0.2, -0.15) is 0 Å². The third kappa shape index (κ3) is 3.57. The van der Waals surface area contributed by atoms with Crippen molar-refractivity contribution in [2.45, 2.75) is 35.2 Å². The van der Waals surface area contributed by atoms with E-state index in [1.54, 1.807) is 11.8 Å². The maximum atomic E-state index is 11.1. The number of carbonyl (C=O) groups is 1. The summed E-state index contributed by atoms with van der Waals surface area (Å²) in [6, 6.07) is 16.2. The summed E-state index contributed by atoms with van der Waals surface area (Å²) in [5.41, 5.74) is 1.13. The summed E-state index contributed by atoms with van der Waals surface area (Å²) in [5.74, 6) is 0. The minimum Gasteiger partial charge on any atom is -0.465 e. The molecule has 1 amide bonds. The first-order valence-corrected chi connectivity index (χ1v) is 8.84. The average Bonchev–Trinajstić information content (AvgIpc) is 2.58. The maximum Gasteiger partial charge on any atom is 0.407 e. The van der Waals surface area contributed by atoms with Crippen LogP contribution in [0.2, 0.25) is 0 Å². The van der Waals surface area contributed by atoms with Gasteiger partial charge >= 0.3 is 6.09 Å². The molecule has 1 fully saturated rings. The van der Waals surface area contributed by atoms with Crippen LogP contribution in [0, 0.1) is 6.92 Å². The number of amides is 1. The molecule has 2 N–H and O–H groups in total. The normalized spacial score (nSPS) is 16.8. The van der Waals surface area contributed by atoms with Gasteiger partial charge < -0.3 is 15.1 Å². The van der Waals surface area contributed by atoms with Gasteiger partial charge in [0.25, 0.3) is 0 Å². The minimum atomic E-state index is -0.972. The zero-order chi connectivity index (χ0) is 17.2. The number of rotatable bonds is 3. The first-order chi connectivity index (χ1) is 11.5. The first kappa shape index (κ1) is 16.9. The van der Waals surface area contributed by atoms with Crippen molar-refractivity contribution in [2.75, 3.05) is 13.1 Å². The van der Waals surface area contributed by atoms with Crippen LogP contribution in [0.5, 0.6) is 0 Å². The van der Waals surface area contributed by atoms with Crippen LogP contribution in [0.4, 0.5) is 4.79 Å². The highest BCUT2D eigenvalue weighted by molar-refractivity contribution is 7.99. The van der Waals surface area contributed by atoms with Crippen molar-refractivity contribution in [2.24, 2.45) is 0 Å². The monoisotopic (exact) mass is 343 g/mol. The zero-order valence-corrected chi connectivity index (χ0v) is 14.4. The van der Waals surface area contributed by atoms with Gasteiger partial charge in [-0.3, -0.25) is 0 Å². The lowest BCUT2D eigenvalue weighted by Gasteiger charge is -2.38. The number of carboxylic acid groups (broad SMARTS) is 1. The second-order valence-electron chi connectivity index (χ2n) is 6.21. The lowest BCUT2D eigenvalue weighted by atomic mass is 9.84. The van der Waals surface area contributed by atoms with Gasteiger partial charge in [-0.25, -0.2) is 4.79 Å². The van der Waals surface area contributed by atoms with E-state index in [1.165, 1.54) is 10.5 Å². The highest BCUT2D eigenvalue weighted by atomic mass is 32.2. The lowest BCUT2D eigenvalue weighted by molar-refractivity contribution is -0.0233. The summed E-state index contributed by atoms with van der Waals surface area (Å²) in [4.78, 5) is 14.6. The second-order valence-corrected chi connectivity index (χ2v) is 7.33. The highest BCUT2D eigenvalue weighted by Crippen LogP contribution is 2.40. The summed E-state index contributed by atoms with van der Waals surface area (Å²) < 4.78 is 0. The third-order valence-corrected chi connectivity index (χ3v) is 5.58. The molecule has 2 aromatic carbocycles. The van der Waals surface area contributed by atoms with Gasteiger partial charge in [-0.1, -0.05) is 47.7 Å². The minimum absolute atomic E-state index is 0.357. The van der Waals surface area contributed by atoms with E-state index in [0.717, 1.165) is 15.4 Å². The van der Waals surface area contributed by atoms with E-state index < -0.39 is 11.7 Å². The summed E-state index contributed by atoms with van der Waals surface area (Å²) in [6.07, 6.45) is -0.0745. The number of aliphatic hydroxyl groups is 1. The topological polar surface area (TPSA) is 60.8 Å². The Morgan fingerprint density at radius 1 is 1.08 bits per heavy atom. The smallest absolute Gasteiger partial charge is 0.407 e. The Kier molecular flexibility index (Phi) is 4.83. The molecule has 0 saturated carbocycles. The number of nitrogens with zero attached hydrogens (tertiary/aromatic N) is 1. The van der Waals surface area contributed by atoms with Crippen molar-refractivity contribution in [3.63, 3.8) is 0 Å². The van der Waals surface area contributed by atoms with Crippen LogP contribution in [0.3, 0.4) is 0 Å². The molecule has 1 aliphatic rings. The Bertz CT molecular complexity index is 722. The first-order valence-electron chi connectivity index (χ1n) is 8.02. The van der Waals surface area contributed by atoms with Gasteiger partial charge in [-0.05, 0) is 43.5 Å². The Morgan fingerprint density at radius 3 is 2.33 bits per heavy atom. The zero-order valence-electron chi connectivity index (χ0n) is 13.6. The van der Waals surface area contributed by atoms with Crippen LogP contribution < -0.4 is 0 Å². The molecule has 0 aliphatic carbocycles. The summed E-state index contributed by atoms with van der Waals surface area (Å²) in [6.45, 7) is 2.77. The summed E-state index contributed by atoms with van der Waals surface area (Å²) in [5, 5.41) is 20.2. The van der Waals surface area contributed by atoms with Gasteiger partial charge in [0.1, 0.15) is 0 Å². The molecule has 24 heavy (non-hydrogen) atoms. The van der Waals surface area contributed by atoms with Gasteiger partial charge in [-0.15, -0.1) is 0 Å².